The third kappa shape index (κ3) is 2.89. The second-order valence-electron chi connectivity index (χ2n) is 8.36. The first kappa shape index (κ1) is 17.0. The van der Waals surface area contributed by atoms with Gasteiger partial charge in [0.25, 0.3) is 11.7 Å². The fraction of sp³-hybridized carbons (Fsp3) is 0.545. The Hall–Kier alpha value is -2.14. The lowest BCUT2D eigenvalue weighted by atomic mass is 9.85. The van der Waals surface area contributed by atoms with Crippen LogP contribution in [0.15, 0.2) is 24.4 Å². The maximum atomic E-state index is 13.2. The first-order chi connectivity index (χ1) is 13.2. The quantitative estimate of drug-likeness (QED) is 0.672. The number of hydrogen-bond donors (Lipinski definition) is 1. The molecular weight excluding hydrogens is 338 g/mol. The maximum Gasteiger partial charge on any atom is 0.292 e. The van der Waals surface area contributed by atoms with E-state index < -0.39 is 5.91 Å². The van der Waals surface area contributed by atoms with E-state index in [0.717, 1.165) is 62.7 Å². The molecule has 2 aliphatic heterocycles. The lowest BCUT2D eigenvalue weighted by molar-refractivity contribution is -0.118. The number of nitrogens with one attached hydrogen (secondary N) is 1. The van der Waals surface area contributed by atoms with Crippen molar-refractivity contribution in [1.82, 2.24) is 14.6 Å². The predicted octanol–water partition coefficient (Wildman–Crippen LogP) is 2.60. The van der Waals surface area contributed by atoms with Gasteiger partial charge in [0.15, 0.2) is 0 Å². The van der Waals surface area contributed by atoms with Gasteiger partial charge in [0, 0.05) is 31.0 Å². The number of nitrogens with zero attached hydrogens (tertiary/aromatic N) is 2. The van der Waals surface area contributed by atoms with Crippen LogP contribution in [0.25, 0.3) is 5.52 Å². The minimum absolute atomic E-state index is 0.141. The van der Waals surface area contributed by atoms with Gasteiger partial charge in [-0.05, 0) is 75.1 Å². The van der Waals surface area contributed by atoms with Crippen LogP contribution in [0.1, 0.15) is 53.7 Å². The highest BCUT2D eigenvalue weighted by molar-refractivity contribution is 6.44. The Bertz CT molecular complexity index is 900. The summed E-state index contributed by atoms with van der Waals surface area (Å²) in [4.78, 5) is 28.6. The standard InChI is InChI=1S/C22H27N3O2/c26-21(22(27)23-17-10-13-24-11-5-6-15(17)14-24)20-16-7-1-2-8-18(16)25-12-4-3-9-19(20)25/h3-4,9,12,15,17H,1-2,5-8,10-11,13-14H2,(H,23,27). The largest absolute Gasteiger partial charge is 0.346 e. The van der Waals surface area contributed by atoms with Crippen LogP contribution in [0.3, 0.4) is 0 Å². The minimum atomic E-state index is -0.413. The van der Waals surface area contributed by atoms with Crippen molar-refractivity contribution in [1.29, 1.82) is 0 Å². The first-order valence-electron chi connectivity index (χ1n) is 10.4. The van der Waals surface area contributed by atoms with E-state index in [1.807, 2.05) is 24.4 Å². The van der Waals surface area contributed by atoms with Gasteiger partial charge in [0.2, 0.25) is 0 Å². The number of aryl methyl sites for hydroxylation is 1. The van der Waals surface area contributed by atoms with Gasteiger partial charge in [-0.1, -0.05) is 6.07 Å². The second-order valence-corrected chi connectivity index (χ2v) is 8.36. The molecule has 4 heterocycles. The van der Waals surface area contributed by atoms with Crippen LogP contribution in [-0.2, 0) is 17.6 Å². The fourth-order valence-corrected chi connectivity index (χ4v) is 5.43. The van der Waals surface area contributed by atoms with E-state index in [9.17, 15) is 9.59 Å². The van der Waals surface area contributed by atoms with Crippen LogP contribution in [0.2, 0.25) is 0 Å². The minimum Gasteiger partial charge on any atom is -0.346 e. The van der Waals surface area contributed by atoms with E-state index in [-0.39, 0.29) is 11.8 Å². The van der Waals surface area contributed by atoms with Crippen LogP contribution in [-0.4, -0.2) is 46.7 Å². The van der Waals surface area contributed by atoms with Crippen LogP contribution >= 0.6 is 0 Å². The monoisotopic (exact) mass is 365 g/mol. The van der Waals surface area contributed by atoms with Gasteiger partial charge in [0.1, 0.15) is 0 Å². The van der Waals surface area contributed by atoms with E-state index in [2.05, 4.69) is 14.6 Å². The summed E-state index contributed by atoms with van der Waals surface area (Å²) < 4.78 is 2.12. The molecule has 3 atom stereocenters. The van der Waals surface area contributed by atoms with Gasteiger partial charge in [-0.25, -0.2) is 0 Å². The molecule has 3 aliphatic rings. The molecule has 2 aromatic rings. The molecule has 1 aliphatic carbocycles. The van der Waals surface area contributed by atoms with Crippen molar-refractivity contribution in [2.75, 3.05) is 19.6 Å². The molecule has 1 N–H and O–H groups in total. The molecule has 3 unspecified atom stereocenters. The molecule has 142 valence electrons. The number of Topliss-reactive ketones (excluding diaryl/α,β-unsaturated/α-hetero) is 1. The Labute approximate surface area is 159 Å². The Kier molecular flexibility index (Phi) is 4.27. The number of rotatable bonds is 3. The molecule has 0 spiro atoms. The number of amides is 1. The van der Waals surface area contributed by atoms with Crippen molar-refractivity contribution in [2.45, 2.75) is 51.0 Å². The normalized spacial score (nSPS) is 27.2. The summed E-state index contributed by atoms with van der Waals surface area (Å²) in [5, 5.41) is 3.11. The number of pyridine rings is 1. The third-order valence-electron chi connectivity index (χ3n) is 6.76. The topological polar surface area (TPSA) is 53.8 Å². The van der Waals surface area contributed by atoms with Gasteiger partial charge in [0.05, 0.1) is 11.1 Å². The molecule has 2 bridgehead atoms. The Morgan fingerprint density at radius 1 is 1.04 bits per heavy atom. The van der Waals surface area contributed by atoms with Crippen molar-refractivity contribution in [3.05, 3.63) is 41.2 Å². The molecule has 27 heavy (non-hydrogen) atoms. The van der Waals surface area contributed by atoms with Gasteiger partial charge in [-0.15, -0.1) is 0 Å². The van der Waals surface area contributed by atoms with Gasteiger partial charge < -0.3 is 14.6 Å². The molecule has 0 saturated carbocycles. The summed E-state index contributed by atoms with van der Waals surface area (Å²) in [7, 11) is 0. The smallest absolute Gasteiger partial charge is 0.292 e. The third-order valence-corrected chi connectivity index (χ3v) is 6.76. The Balaban J connectivity index is 1.43. The lowest BCUT2D eigenvalue weighted by Gasteiger charge is -2.42. The molecule has 0 aromatic carbocycles. The molecule has 1 amide bonds. The highest BCUT2D eigenvalue weighted by Crippen LogP contribution is 2.31. The van der Waals surface area contributed by atoms with E-state index >= 15 is 0 Å². The van der Waals surface area contributed by atoms with Crippen LogP contribution < -0.4 is 5.32 Å². The summed E-state index contributed by atoms with van der Waals surface area (Å²) in [6.45, 7) is 3.27. The molecular formula is C22H27N3O2. The van der Waals surface area contributed by atoms with Crippen molar-refractivity contribution in [3.63, 3.8) is 0 Å². The van der Waals surface area contributed by atoms with Gasteiger partial charge in [-0.3, -0.25) is 9.59 Å². The average molecular weight is 365 g/mol. The number of hydrogen-bond acceptors (Lipinski definition) is 3. The molecule has 0 radical (unpaired) electrons. The van der Waals surface area contributed by atoms with Crippen LogP contribution in [0, 0.1) is 5.92 Å². The van der Waals surface area contributed by atoms with Crippen molar-refractivity contribution < 1.29 is 9.59 Å². The lowest BCUT2D eigenvalue weighted by Crippen LogP contribution is -2.54. The summed E-state index contributed by atoms with van der Waals surface area (Å²) in [5.41, 5.74) is 3.84. The number of aromatic nitrogens is 1. The van der Waals surface area contributed by atoms with E-state index in [1.165, 1.54) is 18.7 Å². The zero-order valence-corrected chi connectivity index (χ0v) is 15.7. The molecule has 2 aromatic heterocycles. The first-order valence-corrected chi connectivity index (χ1v) is 10.4. The number of carbonyl (C=O) groups excluding carboxylic acids is 2. The maximum absolute atomic E-state index is 13.2. The van der Waals surface area contributed by atoms with E-state index in [1.54, 1.807) is 0 Å². The van der Waals surface area contributed by atoms with E-state index in [4.69, 9.17) is 0 Å². The number of ketones is 1. The Morgan fingerprint density at radius 2 is 1.93 bits per heavy atom. The molecule has 2 fully saturated rings. The molecule has 5 heteroatoms. The summed E-state index contributed by atoms with van der Waals surface area (Å²) >= 11 is 0. The van der Waals surface area contributed by atoms with Crippen LogP contribution in [0.5, 0.6) is 0 Å². The van der Waals surface area contributed by atoms with Gasteiger partial charge in [-0.2, -0.15) is 0 Å². The highest BCUT2D eigenvalue weighted by atomic mass is 16.2. The zero-order valence-electron chi connectivity index (χ0n) is 15.7. The second kappa shape index (κ2) is 6.79. The van der Waals surface area contributed by atoms with Crippen molar-refractivity contribution in [2.24, 2.45) is 5.92 Å². The number of fused-ring (bicyclic) bond motifs is 5. The van der Waals surface area contributed by atoms with Gasteiger partial charge >= 0.3 is 0 Å². The summed E-state index contributed by atoms with van der Waals surface area (Å²) in [5.74, 6) is -0.271. The summed E-state index contributed by atoms with van der Waals surface area (Å²) in [6.07, 6.45) is 9.44. The fourth-order valence-electron chi connectivity index (χ4n) is 5.43. The summed E-state index contributed by atoms with van der Waals surface area (Å²) in [6, 6.07) is 6.06. The van der Waals surface area contributed by atoms with Crippen LogP contribution in [0.4, 0.5) is 0 Å². The van der Waals surface area contributed by atoms with Crippen molar-refractivity contribution in [3.8, 4) is 0 Å². The van der Waals surface area contributed by atoms with E-state index in [0.29, 0.717) is 11.5 Å². The van der Waals surface area contributed by atoms with Crippen molar-refractivity contribution >= 4 is 17.2 Å². The molecule has 5 nitrogen and oxygen atoms in total. The highest BCUT2D eigenvalue weighted by Gasteiger charge is 2.35. The molecule has 2 saturated heterocycles. The predicted molar refractivity (Wildman–Crippen MR) is 104 cm³/mol. The molecule has 5 rings (SSSR count). The number of carbonyl (C=O) groups is 2. The number of piperidine rings is 2. The Morgan fingerprint density at radius 3 is 2.85 bits per heavy atom. The average Bonchev–Trinajstić information content (AvgIpc) is 3.04. The SMILES string of the molecule is O=C(NC1CCN2CCCC1C2)C(=O)c1c2c(n3ccccc13)CCCC2. The zero-order chi connectivity index (χ0) is 18.4.